The van der Waals surface area contributed by atoms with E-state index in [2.05, 4.69) is 18.9 Å². The first kappa shape index (κ1) is 14.8. The molecule has 2 atom stereocenters. The highest BCUT2D eigenvalue weighted by atomic mass is 16.5. The molecule has 0 aliphatic carbocycles. The Morgan fingerprint density at radius 1 is 1.53 bits per heavy atom. The Morgan fingerprint density at radius 2 is 2.13 bits per heavy atom. The third-order valence-electron chi connectivity index (χ3n) is 2.79. The van der Waals surface area contributed by atoms with Gasteiger partial charge in [0, 0.05) is 32.8 Å². The normalized spacial score (nSPS) is 17.8. The van der Waals surface area contributed by atoms with Gasteiger partial charge in [0.05, 0.1) is 5.60 Å². The summed E-state index contributed by atoms with van der Waals surface area (Å²) in [4.78, 5) is 2.23. The van der Waals surface area contributed by atoms with Crippen molar-refractivity contribution >= 4 is 0 Å². The van der Waals surface area contributed by atoms with E-state index in [9.17, 15) is 5.11 Å². The molecule has 0 fully saturated rings. The molecule has 3 N–H and O–H groups in total. The summed E-state index contributed by atoms with van der Waals surface area (Å²) < 4.78 is 5.00. The van der Waals surface area contributed by atoms with Crippen molar-refractivity contribution in [3.63, 3.8) is 0 Å². The van der Waals surface area contributed by atoms with Crippen LogP contribution in [0.25, 0.3) is 0 Å². The van der Waals surface area contributed by atoms with E-state index >= 15 is 0 Å². The van der Waals surface area contributed by atoms with Gasteiger partial charge in [-0.15, -0.1) is 0 Å². The average molecular weight is 218 g/mol. The van der Waals surface area contributed by atoms with Crippen molar-refractivity contribution in [2.45, 2.75) is 38.3 Å². The maximum atomic E-state index is 9.84. The number of nitrogens with zero attached hydrogens (tertiary/aromatic N) is 1. The third-order valence-corrected chi connectivity index (χ3v) is 2.79. The van der Waals surface area contributed by atoms with Crippen molar-refractivity contribution in [1.29, 1.82) is 0 Å². The lowest BCUT2D eigenvalue weighted by atomic mass is 9.97. The van der Waals surface area contributed by atoms with Gasteiger partial charge in [0.25, 0.3) is 0 Å². The second-order valence-corrected chi connectivity index (χ2v) is 4.58. The summed E-state index contributed by atoms with van der Waals surface area (Å²) in [5, 5.41) is 9.84. The number of hydrogen-bond acceptors (Lipinski definition) is 4. The van der Waals surface area contributed by atoms with E-state index in [0.29, 0.717) is 19.0 Å². The number of rotatable bonds is 8. The predicted octanol–water partition coefficient (Wildman–Crippen LogP) is 0.443. The molecule has 0 saturated heterocycles. The zero-order valence-corrected chi connectivity index (χ0v) is 10.5. The Morgan fingerprint density at radius 3 is 2.60 bits per heavy atom. The van der Waals surface area contributed by atoms with Crippen molar-refractivity contribution in [2.24, 2.45) is 5.73 Å². The number of hydrogen-bond donors (Lipinski definition) is 2. The molecule has 0 aromatic heterocycles. The molecule has 15 heavy (non-hydrogen) atoms. The summed E-state index contributed by atoms with van der Waals surface area (Å²) in [7, 11) is 3.77. The molecular weight excluding hydrogens is 192 g/mol. The van der Waals surface area contributed by atoms with E-state index in [0.717, 1.165) is 19.6 Å². The second kappa shape index (κ2) is 7.17. The standard InChI is InChI=1S/C11H26N2O2/c1-10(8-11(2,14)9-12)13(3)6-5-7-15-4/h10,14H,5-9,12H2,1-4H3. The smallest absolute Gasteiger partial charge is 0.0756 e. The first-order valence-electron chi connectivity index (χ1n) is 5.54. The Labute approximate surface area is 93.4 Å². The summed E-state index contributed by atoms with van der Waals surface area (Å²) in [5.41, 5.74) is 4.73. The SMILES string of the molecule is COCCCN(C)C(C)CC(C)(O)CN. The molecule has 92 valence electrons. The summed E-state index contributed by atoms with van der Waals surface area (Å²) in [6.45, 7) is 5.96. The molecule has 4 heteroatoms. The van der Waals surface area contributed by atoms with Gasteiger partial charge in [-0.05, 0) is 33.7 Å². The molecule has 4 nitrogen and oxygen atoms in total. The van der Waals surface area contributed by atoms with Crippen LogP contribution in [0.2, 0.25) is 0 Å². The fourth-order valence-corrected chi connectivity index (χ4v) is 1.55. The molecule has 0 saturated carbocycles. The summed E-state index contributed by atoms with van der Waals surface area (Å²) in [6.07, 6.45) is 1.72. The van der Waals surface area contributed by atoms with Gasteiger partial charge in [-0.25, -0.2) is 0 Å². The van der Waals surface area contributed by atoms with Gasteiger partial charge >= 0.3 is 0 Å². The topological polar surface area (TPSA) is 58.7 Å². The summed E-state index contributed by atoms with van der Waals surface area (Å²) in [6, 6.07) is 0.334. The number of methoxy groups -OCH3 is 1. The first-order chi connectivity index (χ1) is 6.93. The van der Waals surface area contributed by atoms with Crippen LogP contribution < -0.4 is 5.73 Å². The Kier molecular flexibility index (Phi) is 7.09. The highest BCUT2D eigenvalue weighted by Gasteiger charge is 2.23. The van der Waals surface area contributed by atoms with E-state index in [1.54, 1.807) is 14.0 Å². The van der Waals surface area contributed by atoms with Crippen molar-refractivity contribution in [3.05, 3.63) is 0 Å². The van der Waals surface area contributed by atoms with Crippen LogP contribution in [0.5, 0.6) is 0 Å². The Balaban J connectivity index is 3.82. The summed E-state index contributed by atoms with van der Waals surface area (Å²) >= 11 is 0. The van der Waals surface area contributed by atoms with Crippen molar-refractivity contribution in [2.75, 3.05) is 33.9 Å². The zero-order valence-electron chi connectivity index (χ0n) is 10.5. The maximum absolute atomic E-state index is 9.84. The molecule has 0 heterocycles. The molecule has 0 radical (unpaired) electrons. The average Bonchev–Trinajstić information content (AvgIpc) is 2.17. The fraction of sp³-hybridized carbons (Fsp3) is 1.00. The van der Waals surface area contributed by atoms with Crippen LogP contribution in [0.15, 0.2) is 0 Å². The van der Waals surface area contributed by atoms with Crippen LogP contribution in [0.3, 0.4) is 0 Å². The molecule has 2 unspecified atom stereocenters. The number of aliphatic hydroxyl groups is 1. The van der Waals surface area contributed by atoms with E-state index in [1.165, 1.54) is 0 Å². The Bertz CT molecular complexity index is 163. The molecule has 0 aromatic rings. The second-order valence-electron chi connectivity index (χ2n) is 4.58. The van der Waals surface area contributed by atoms with Crippen molar-refractivity contribution in [1.82, 2.24) is 4.90 Å². The van der Waals surface area contributed by atoms with Crippen LogP contribution in [0, 0.1) is 0 Å². The lowest BCUT2D eigenvalue weighted by molar-refractivity contribution is 0.0323. The minimum absolute atomic E-state index is 0.309. The van der Waals surface area contributed by atoms with Crippen molar-refractivity contribution < 1.29 is 9.84 Å². The minimum atomic E-state index is -0.755. The van der Waals surface area contributed by atoms with Gasteiger partial charge in [-0.2, -0.15) is 0 Å². The third kappa shape index (κ3) is 6.84. The van der Waals surface area contributed by atoms with Crippen LogP contribution in [-0.4, -0.2) is 55.5 Å². The molecule has 0 amide bonds. The van der Waals surface area contributed by atoms with Gasteiger partial charge in [0.1, 0.15) is 0 Å². The molecular formula is C11H26N2O2. The quantitative estimate of drug-likeness (QED) is 0.581. The molecule has 0 aliphatic rings. The van der Waals surface area contributed by atoms with Gasteiger partial charge in [-0.3, -0.25) is 0 Å². The largest absolute Gasteiger partial charge is 0.389 e. The number of nitrogens with two attached hydrogens (primary N) is 1. The predicted molar refractivity (Wildman–Crippen MR) is 62.9 cm³/mol. The zero-order chi connectivity index (χ0) is 11.9. The Hall–Kier alpha value is -0.160. The maximum Gasteiger partial charge on any atom is 0.0756 e. The van der Waals surface area contributed by atoms with Crippen LogP contribution in [-0.2, 0) is 4.74 Å². The highest BCUT2D eigenvalue weighted by molar-refractivity contribution is 4.79. The van der Waals surface area contributed by atoms with Crippen LogP contribution in [0.1, 0.15) is 26.7 Å². The molecule has 0 rings (SSSR count). The first-order valence-corrected chi connectivity index (χ1v) is 5.54. The molecule has 0 aromatic carbocycles. The van der Waals surface area contributed by atoms with Gasteiger partial charge in [-0.1, -0.05) is 0 Å². The molecule has 0 bridgehead atoms. The van der Waals surface area contributed by atoms with Crippen molar-refractivity contribution in [3.8, 4) is 0 Å². The molecule has 0 spiro atoms. The van der Waals surface area contributed by atoms with Crippen LogP contribution >= 0.6 is 0 Å². The lowest BCUT2D eigenvalue weighted by Gasteiger charge is -2.31. The van der Waals surface area contributed by atoms with Gasteiger partial charge in [0.15, 0.2) is 0 Å². The fourth-order valence-electron chi connectivity index (χ4n) is 1.55. The van der Waals surface area contributed by atoms with Crippen LogP contribution in [0.4, 0.5) is 0 Å². The summed E-state index contributed by atoms with van der Waals surface area (Å²) in [5.74, 6) is 0. The van der Waals surface area contributed by atoms with E-state index in [1.807, 2.05) is 0 Å². The monoisotopic (exact) mass is 218 g/mol. The van der Waals surface area contributed by atoms with E-state index < -0.39 is 5.60 Å². The molecule has 0 aliphatic heterocycles. The van der Waals surface area contributed by atoms with E-state index in [-0.39, 0.29) is 0 Å². The van der Waals surface area contributed by atoms with E-state index in [4.69, 9.17) is 10.5 Å². The highest BCUT2D eigenvalue weighted by Crippen LogP contribution is 2.14. The lowest BCUT2D eigenvalue weighted by Crippen LogP contribution is -2.42. The van der Waals surface area contributed by atoms with Gasteiger partial charge < -0.3 is 20.5 Å². The minimum Gasteiger partial charge on any atom is -0.389 e. The number of ether oxygens (including phenoxy) is 1. The van der Waals surface area contributed by atoms with Gasteiger partial charge in [0.2, 0.25) is 0 Å².